The second-order valence-corrected chi connectivity index (χ2v) is 7.31. The fraction of sp³-hybridized carbons (Fsp3) is 0.0769. The van der Waals surface area contributed by atoms with E-state index in [0.717, 1.165) is 4.47 Å². The van der Waals surface area contributed by atoms with Gasteiger partial charge in [0.05, 0.1) is 11.4 Å². The van der Waals surface area contributed by atoms with Crippen molar-refractivity contribution in [1.82, 2.24) is 0 Å². The Morgan fingerprint density at radius 1 is 1.19 bits per heavy atom. The molecule has 0 saturated heterocycles. The van der Waals surface area contributed by atoms with Crippen molar-refractivity contribution < 1.29 is 14.2 Å². The molecule has 112 valence electrons. The molecule has 0 saturated carbocycles. The van der Waals surface area contributed by atoms with Crippen molar-refractivity contribution in [2.45, 2.75) is 0 Å². The molecule has 2 aromatic rings. The molecular weight excluding hydrogens is 378 g/mol. The van der Waals surface area contributed by atoms with Crippen LogP contribution >= 0.6 is 35.2 Å². The van der Waals surface area contributed by atoms with E-state index < -0.39 is 7.67 Å². The van der Waals surface area contributed by atoms with Crippen molar-refractivity contribution in [2.24, 2.45) is 0 Å². The van der Waals surface area contributed by atoms with Crippen molar-refractivity contribution in [1.29, 1.82) is 0 Å². The summed E-state index contributed by atoms with van der Waals surface area (Å²) in [4.78, 5) is 0. The highest BCUT2D eigenvalue weighted by molar-refractivity contribution is 9.10. The number of aromatic hydroxyl groups is 1. The van der Waals surface area contributed by atoms with Crippen LogP contribution in [0, 0.1) is 0 Å². The Morgan fingerprint density at radius 3 is 2.48 bits per heavy atom. The lowest BCUT2D eigenvalue weighted by Crippen LogP contribution is -2.08. The Hall–Kier alpha value is -1.20. The second-order valence-electron chi connectivity index (χ2n) is 4.10. The van der Waals surface area contributed by atoms with Crippen molar-refractivity contribution in [2.75, 3.05) is 17.3 Å². The highest BCUT2D eigenvalue weighted by Crippen LogP contribution is 2.48. The number of phenols is 1. The van der Waals surface area contributed by atoms with Crippen molar-refractivity contribution in [3.05, 3.63) is 52.0 Å². The molecule has 5 nitrogen and oxygen atoms in total. The zero-order chi connectivity index (χ0) is 15.5. The average Bonchev–Trinajstić information content (AvgIpc) is 2.45. The van der Waals surface area contributed by atoms with E-state index in [-0.39, 0.29) is 11.4 Å². The molecule has 3 N–H and O–H groups in total. The van der Waals surface area contributed by atoms with Crippen molar-refractivity contribution in [3.63, 3.8) is 0 Å². The van der Waals surface area contributed by atoms with Crippen LogP contribution in [-0.2, 0) is 9.09 Å². The van der Waals surface area contributed by atoms with Gasteiger partial charge >= 0.3 is 7.67 Å². The number of hydrogen-bond acceptors (Lipinski definition) is 3. The van der Waals surface area contributed by atoms with Gasteiger partial charge in [0.2, 0.25) is 0 Å². The number of halogens is 2. The van der Waals surface area contributed by atoms with Crippen molar-refractivity contribution >= 4 is 46.6 Å². The summed E-state index contributed by atoms with van der Waals surface area (Å²) in [5.74, 6) is -0.117. The Labute approximate surface area is 136 Å². The average molecular weight is 392 g/mol. The van der Waals surface area contributed by atoms with Crippen LogP contribution in [0.1, 0.15) is 0 Å². The molecule has 0 spiro atoms. The lowest BCUT2D eigenvalue weighted by Gasteiger charge is -2.21. The molecule has 1 unspecified atom stereocenters. The summed E-state index contributed by atoms with van der Waals surface area (Å²) < 4.78 is 18.5. The fourth-order valence-corrected chi connectivity index (χ4v) is 3.55. The summed E-state index contributed by atoms with van der Waals surface area (Å²) in [6, 6.07) is 11.6. The highest BCUT2D eigenvalue weighted by Gasteiger charge is 2.24. The third kappa shape index (κ3) is 4.14. The Bertz CT molecular complexity index is 699. The molecule has 0 radical (unpaired) electrons. The van der Waals surface area contributed by atoms with Gasteiger partial charge in [0, 0.05) is 22.7 Å². The van der Waals surface area contributed by atoms with Gasteiger partial charge in [-0.3, -0.25) is 10.2 Å². The van der Waals surface area contributed by atoms with E-state index in [1.54, 1.807) is 18.2 Å². The van der Waals surface area contributed by atoms with Gasteiger partial charge < -0.3 is 9.63 Å². The molecule has 8 heteroatoms. The molecule has 2 rings (SSSR count). The van der Waals surface area contributed by atoms with Gasteiger partial charge in [-0.05, 0) is 40.2 Å². The smallest absolute Gasteiger partial charge is 0.391 e. The molecule has 0 aliphatic heterocycles. The van der Waals surface area contributed by atoms with Crippen LogP contribution in [0.25, 0.3) is 0 Å². The maximum Gasteiger partial charge on any atom is 0.391 e. The zero-order valence-corrected chi connectivity index (χ0v) is 14.2. The summed E-state index contributed by atoms with van der Waals surface area (Å²) >= 11 is 9.12. The van der Waals surface area contributed by atoms with E-state index in [9.17, 15) is 9.67 Å². The van der Waals surface area contributed by atoms with Crippen LogP contribution in [0.4, 0.5) is 11.4 Å². The minimum atomic E-state index is -3.45. The topological polar surface area (TPSA) is 70.6 Å². The largest absolute Gasteiger partial charge is 0.506 e. The number of phenolic OH excluding ortho intramolecular Hbond substituents is 1. The van der Waals surface area contributed by atoms with Gasteiger partial charge in [0.15, 0.2) is 0 Å². The van der Waals surface area contributed by atoms with E-state index in [2.05, 4.69) is 26.1 Å². The monoisotopic (exact) mass is 390 g/mol. The zero-order valence-electron chi connectivity index (χ0n) is 11.0. The predicted molar refractivity (Wildman–Crippen MR) is 89.1 cm³/mol. The molecule has 0 aliphatic carbocycles. The normalized spacial score (nSPS) is 13.5. The number of nitrogens with one attached hydrogen (secondary N) is 2. The Balaban J connectivity index is 2.25. The van der Waals surface area contributed by atoms with E-state index in [0.29, 0.717) is 10.7 Å². The molecule has 0 amide bonds. The molecule has 1 atom stereocenters. The van der Waals surface area contributed by atoms with Crippen molar-refractivity contribution in [3.8, 4) is 5.75 Å². The first kappa shape index (κ1) is 16.2. The Kier molecular flexibility index (Phi) is 5.17. The van der Waals surface area contributed by atoms with E-state index in [1.165, 1.54) is 19.2 Å². The lowest BCUT2D eigenvalue weighted by atomic mass is 10.3. The summed E-state index contributed by atoms with van der Waals surface area (Å²) in [7, 11) is -2.14. The third-order valence-corrected chi connectivity index (χ3v) is 5.14. The standard InChI is InChI=1S/C13H13BrClN2O3P/c1-20-21(19,16-11-5-3-2-4-10(11)14)17-12-7-6-9(15)8-13(12)18/h2-8,18H,1H3,(H2,16,17,19). The summed E-state index contributed by atoms with van der Waals surface area (Å²) in [6.45, 7) is 0. The molecule has 2 aromatic carbocycles. The minimum absolute atomic E-state index is 0.117. The van der Waals surface area contributed by atoms with Gasteiger partial charge in [-0.25, -0.2) is 4.57 Å². The molecule has 21 heavy (non-hydrogen) atoms. The number of hydrogen-bond donors (Lipinski definition) is 3. The molecule has 0 fully saturated rings. The minimum Gasteiger partial charge on any atom is -0.506 e. The first-order valence-corrected chi connectivity index (χ1v) is 8.68. The Morgan fingerprint density at radius 2 is 1.86 bits per heavy atom. The van der Waals surface area contributed by atoms with E-state index in [4.69, 9.17) is 16.1 Å². The van der Waals surface area contributed by atoms with Gasteiger partial charge in [0.1, 0.15) is 5.75 Å². The number of para-hydroxylation sites is 1. The van der Waals surface area contributed by atoms with Gasteiger partial charge in [-0.15, -0.1) is 0 Å². The SMILES string of the molecule is COP(=O)(Nc1ccc(Cl)cc1O)Nc1ccccc1Br. The van der Waals surface area contributed by atoms with Crippen LogP contribution in [0.5, 0.6) is 5.75 Å². The maximum absolute atomic E-state index is 12.7. The molecule has 0 bridgehead atoms. The number of rotatable bonds is 5. The second kappa shape index (κ2) is 6.71. The summed E-state index contributed by atoms with van der Waals surface area (Å²) in [5, 5.41) is 15.7. The van der Waals surface area contributed by atoms with E-state index in [1.807, 2.05) is 12.1 Å². The lowest BCUT2D eigenvalue weighted by molar-refractivity contribution is 0.402. The quantitative estimate of drug-likeness (QED) is 0.489. The maximum atomic E-state index is 12.7. The number of anilines is 2. The predicted octanol–water partition coefficient (Wildman–Crippen LogP) is 5.09. The highest BCUT2D eigenvalue weighted by atomic mass is 79.9. The summed E-state index contributed by atoms with van der Waals surface area (Å²) in [5.41, 5.74) is 0.854. The summed E-state index contributed by atoms with van der Waals surface area (Å²) in [6.07, 6.45) is 0. The molecule has 0 heterocycles. The van der Waals surface area contributed by atoms with E-state index >= 15 is 0 Å². The molecule has 0 aromatic heterocycles. The number of benzene rings is 2. The van der Waals surface area contributed by atoms with Crippen LogP contribution in [0.15, 0.2) is 46.9 Å². The first-order valence-electron chi connectivity index (χ1n) is 5.89. The van der Waals surface area contributed by atoms with Crippen LogP contribution in [0.3, 0.4) is 0 Å². The van der Waals surface area contributed by atoms with Gasteiger partial charge in [0.25, 0.3) is 0 Å². The van der Waals surface area contributed by atoms with Crippen LogP contribution in [-0.4, -0.2) is 12.2 Å². The molecular formula is C13H13BrClN2O3P. The first-order chi connectivity index (χ1) is 9.93. The fourth-order valence-electron chi connectivity index (χ4n) is 1.59. The van der Waals surface area contributed by atoms with Crippen LogP contribution < -0.4 is 10.2 Å². The van der Waals surface area contributed by atoms with Crippen LogP contribution in [0.2, 0.25) is 5.02 Å². The van der Waals surface area contributed by atoms with Gasteiger partial charge in [-0.2, -0.15) is 0 Å². The molecule has 0 aliphatic rings. The van der Waals surface area contributed by atoms with Gasteiger partial charge in [-0.1, -0.05) is 23.7 Å². The third-order valence-electron chi connectivity index (χ3n) is 2.63.